The van der Waals surface area contributed by atoms with E-state index in [1.54, 1.807) is 24.4 Å². The van der Waals surface area contributed by atoms with Gasteiger partial charge in [-0.15, -0.1) is 0 Å². The summed E-state index contributed by atoms with van der Waals surface area (Å²) in [5.41, 5.74) is 0.476. The number of aromatic nitrogens is 1. The van der Waals surface area contributed by atoms with E-state index >= 15 is 0 Å². The number of sulfone groups is 1. The van der Waals surface area contributed by atoms with Crippen molar-refractivity contribution in [2.75, 3.05) is 24.6 Å². The van der Waals surface area contributed by atoms with Crippen LogP contribution in [0.4, 0.5) is 0 Å². The molecular weight excluding hydrogens is 422 g/mol. The van der Waals surface area contributed by atoms with Gasteiger partial charge in [0.25, 0.3) is 0 Å². The first kappa shape index (κ1) is 20.0. The quantitative estimate of drug-likeness (QED) is 0.774. The van der Waals surface area contributed by atoms with Crippen LogP contribution >= 0.6 is 11.6 Å². The zero-order chi connectivity index (χ0) is 19.9. The van der Waals surface area contributed by atoms with Gasteiger partial charge in [-0.1, -0.05) is 11.6 Å². The van der Waals surface area contributed by atoms with Crippen LogP contribution in [-0.2, 0) is 19.9 Å². The highest BCUT2D eigenvalue weighted by atomic mass is 35.5. The molecule has 2 aromatic rings. The van der Waals surface area contributed by atoms with Gasteiger partial charge in [-0.2, -0.15) is 4.31 Å². The van der Waals surface area contributed by atoms with Crippen LogP contribution in [0.25, 0.3) is 10.9 Å². The Morgan fingerprint density at radius 2 is 1.86 bits per heavy atom. The van der Waals surface area contributed by atoms with E-state index in [-0.39, 0.29) is 28.5 Å². The number of nitrogens with one attached hydrogen (secondary N) is 1. The molecule has 1 atom stereocenters. The van der Waals surface area contributed by atoms with Crippen LogP contribution in [0, 0.1) is 0 Å². The lowest BCUT2D eigenvalue weighted by atomic mass is 10.1. The molecule has 152 valence electrons. The first-order chi connectivity index (χ1) is 13.3. The van der Waals surface area contributed by atoms with Crippen LogP contribution in [0.3, 0.4) is 0 Å². The second kappa shape index (κ2) is 7.53. The van der Waals surface area contributed by atoms with Gasteiger partial charge < -0.3 is 5.32 Å². The van der Waals surface area contributed by atoms with Crippen LogP contribution in [0.1, 0.15) is 19.3 Å². The van der Waals surface area contributed by atoms with Crippen molar-refractivity contribution in [3.8, 4) is 0 Å². The SMILES string of the molecule is O=S1(=O)CCC(NC2CCN(S(=O)(=O)c3ccc(Cl)c4ncccc34)CC2)C1. The second-order valence-electron chi connectivity index (χ2n) is 7.39. The molecule has 0 aliphatic carbocycles. The van der Waals surface area contributed by atoms with Crippen molar-refractivity contribution in [3.05, 3.63) is 35.5 Å². The summed E-state index contributed by atoms with van der Waals surface area (Å²) in [4.78, 5) is 4.42. The molecule has 2 saturated heterocycles. The Bertz CT molecular complexity index is 1100. The van der Waals surface area contributed by atoms with E-state index in [1.165, 1.54) is 10.4 Å². The highest BCUT2D eigenvalue weighted by molar-refractivity contribution is 7.91. The van der Waals surface area contributed by atoms with Crippen molar-refractivity contribution in [3.63, 3.8) is 0 Å². The lowest BCUT2D eigenvalue weighted by Gasteiger charge is -2.33. The summed E-state index contributed by atoms with van der Waals surface area (Å²) in [5, 5.41) is 4.33. The number of piperidine rings is 1. The molecule has 2 aliphatic heterocycles. The van der Waals surface area contributed by atoms with Gasteiger partial charge in [-0.3, -0.25) is 4.98 Å². The summed E-state index contributed by atoms with van der Waals surface area (Å²) in [6.45, 7) is 0.785. The summed E-state index contributed by atoms with van der Waals surface area (Å²) in [6.07, 6.45) is 3.52. The molecule has 1 unspecified atom stereocenters. The minimum atomic E-state index is -3.66. The first-order valence-corrected chi connectivity index (χ1v) is 12.9. The number of hydrogen-bond acceptors (Lipinski definition) is 6. The molecule has 2 fully saturated rings. The molecule has 3 heterocycles. The van der Waals surface area contributed by atoms with Crippen LogP contribution in [-0.4, -0.2) is 62.8 Å². The van der Waals surface area contributed by atoms with Gasteiger partial charge in [-0.25, -0.2) is 16.8 Å². The van der Waals surface area contributed by atoms with E-state index in [4.69, 9.17) is 11.6 Å². The summed E-state index contributed by atoms with van der Waals surface area (Å²) < 4.78 is 51.1. The lowest BCUT2D eigenvalue weighted by Crippen LogP contribution is -2.48. The number of fused-ring (bicyclic) bond motifs is 1. The van der Waals surface area contributed by atoms with Crippen LogP contribution in [0.2, 0.25) is 5.02 Å². The van der Waals surface area contributed by atoms with Crippen LogP contribution in [0.15, 0.2) is 35.4 Å². The summed E-state index contributed by atoms with van der Waals surface area (Å²) >= 11 is 6.16. The molecule has 0 bridgehead atoms. The van der Waals surface area contributed by atoms with Crippen molar-refractivity contribution in [2.24, 2.45) is 0 Å². The fourth-order valence-electron chi connectivity index (χ4n) is 4.00. The van der Waals surface area contributed by atoms with E-state index < -0.39 is 19.9 Å². The maximum Gasteiger partial charge on any atom is 0.243 e. The van der Waals surface area contributed by atoms with Crippen molar-refractivity contribution < 1.29 is 16.8 Å². The maximum absolute atomic E-state index is 13.2. The molecule has 0 radical (unpaired) electrons. The van der Waals surface area contributed by atoms with E-state index in [2.05, 4.69) is 10.3 Å². The lowest BCUT2D eigenvalue weighted by molar-refractivity contribution is 0.277. The third kappa shape index (κ3) is 3.91. The summed E-state index contributed by atoms with van der Waals surface area (Å²) in [5.74, 6) is 0.408. The number of sulfonamides is 1. The Morgan fingerprint density at radius 3 is 2.54 bits per heavy atom. The van der Waals surface area contributed by atoms with Gasteiger partial charge in [0.2, 0.25) is 10.0 Å². The molecule has 7 nitrogen and oxygen atoms in total. The smallest absolute Gasteiger partial charge is 0.243 e. The van der Waals surface area contributed by atoms with E-state index in [9.17, 15) is 16.8 Å². The molecule has 4 rings (SSSR count). The Hall–Kier alpha value is -1.26. The standard InChI is InChI=1S/C18H22ClN3O4S2/c19-16-3-4-17(15-2-1-8-20-18(15)16)28(25,26)22-9-5-13(6-10-22)21-14-7-11-27(23,24)12-14/h1-4,8,13-14,21H,5-7,9-12H2. The highest BCUT2D eigenvalue weighted by Crippen LogP contribution is 2.30. The molecule has 0 spiro atoms. The number of halogens is 1. The Morgan fingerprint density at radius 1 is 1.11 bits per heavy atom. The van der Waals surface area contributed by atoms with Gasteiger partial charge >= 0.3 is 0 Å². The van der Waals surface area contributed by atoms with Crippen molar-refractivity contribution in [1.29, 1.82) is 0 Å². The maximum atomic E-state index is 13.2. The monoisotopic (exact) mass is 443 g/mol. The zero-order valence-corrected chi connectivity index (χ0v) is 17.6. The summed E-state index contributed by atoms with van der Waals surface area (Å²) in [6, 6.07) is 6.63. The average molecular weight is 444 g/mol. The van der Waals surface area contributed by atoms with Gasteiger partial charge in [-0.05, 0) is 43.5 Å². The highest BCUT2D eigenvalue weighted by Gasteiger charge is 2.34. The molecule has 28 heavy (non-hydrogen) atoms. The number of rotatable bonds is 4. The average Bonchev–Trinajstić information content (AvgIpc) is 3.01. The number of nitrogens with zero attached hydrogens (tertiary/aromatic N) is 2. The predicted molar refractivity (Wildman–Crippen MR) is 109 cm³/mol. The van der Waals surface area contributed by atoms with Crippen molar-refractivity contribution >= 4 is 42.4 Å². The van der Waals surface area contributed by atoms with E-state index in [0.717, 1.165) is 0 Å². The van der Waals surface area contributed by atoms with E-state index in [0.29, 0.717) is 48.3 Å². The topological polar surface area (TPSA) is 96.4 Å². The number of hydrogen-bond donors (Lipinski definition) is 1. The zero-order valence-electron chi connectivity index (χ0n) is 15.2. The molecule has 10 heteroatoms. The molecule has 1 aromatic carbocycles. The minimum Gasteiger partial charge on any atom is -0.310 e. The number of benzene rings is 1. The molecule has 1 aromatic heterocycles. The van der Waals surface area contributed by atoms with Crippen LogP contribution in [0.5, 0.6) is 0 Å². The molecule has 0 saturated carbocycles. The molecule has 1 N–H and O–H groups in total. The van der Waals surface area contributed by atoms with Gasteiger partial charge in [0.1, 0.15) is 0 Å². The Balaban J connectivity index is 1.48. The van der Waals surface area contributed by atoms with Crippen molar-refractivity contribution in [1.82, 2.24) is 14.6 Å². The number of pyridine rings is 1. The van der Waals surface area contributed by atoms with Crippen LogP contribution < -0.4 is 5.32 Å². The van der Waals surface area contributed by atoms with Crippen molar-refractivity contribution in [2.45, 2.75) is 36.2 Å². The normalized spacial score (nSPS) is 24.0. The Labute approximate surface area is 170 Å². The van der Waals surface area contributed by atoms with Gasteiger partial charge in [0.05, 0.1) is 26.9 Å². The fraction of sp³-hybridized carbons (Fsp3) is 0.500. The molecular formula is C18H22ClN3O4S2. The summed E-state index contributed by atoms with van der Waals surface area (Å²) in [7, 11) is -6.59. The minimum absolute atomic E-state index is 0.0237. The molecule has 2 aliphatic rings. The third-order valence-corrected chi connectivity index (χ3v) is 9.49. The fourth-order valence-corrected chi connectivity index (χ4v) is 7.55. The largest absolute Gasteiger partial charge is 0.310 e. The van der Waals surface area contributed by atoms with Gasteiger partial charge in [0.15, 0.2) is 9.84 Å². The second-order valence-corrected chi connectivity index (χ2v) is 11.9. The van der Waals surface area contributed by atoms with Gasteiger partial charge in [0, 0.05) is 36.8 Å². The third-order valence-electron chi connectivity index (χ3n) is 5.46. The first-order valence-electron chi connectivity index (χ1n) is 9.26. The molecule has 0 amide bonds. The Kier molecular flexibility index (Phi) is 5.39. The predicted octanol–water partition coefficient (Wildman–Crippen LogP) is 1.82. The van der Waals surface area contributed by atoms with E-state index in [1.807, 2.05) is 0 Å².